The summed E-state index contributed by atoms with van der Waals surface area (Å²) in [6.07, 6.45) is 1.99. The third-order valence-corrected chi connectivity index (χ3v) is 8.96. The average molecular weight is 632 g/mol. The number of halogens is 2. The summed E-state index contributed by atoms with van der Waals surface area (Å²) in [5.74, 6) is -1.91. The second kappa shape index (κ2) is 10.1. The third-order valence-electron chi connectivity index (χ3n) is 7.14. The van der Waals surface area contributed by atoms with Gasteiger partial charge in [-0.3, -0.25) is 0 Å². The van der Waals surface area contributed by atoms with Gasteiger partial charge in [0.1, 0.15) is 11.5 Å². The molecule has 0 radical (unpaired) electrons. The predicted octanol–water partition coefficient (Wildman–Crippen LogP) is 7.03. The molecule has 0 bridgehead atoms. The van der Waals surface area contributed by atoms with E-state index in [1.807, 2.05) is 27.7 Å². The van der Waals surface area contributed by atoms with Gasteiger partial charge in [-0.2, -0.15) is 0 Å². The molecule has 8 heteroatoms. The van der Waals surface area contributed by atoms with Gasteiger partial charge in [0, 0.05) is 36.8 Å². The summed E-state index contributed by atoms with van der Waals surface area (Å²) in [4.78, 5) is 25.8. The zero-order valence-corrected chi connectivity index (χ0v) is 24.2. The Kier molecular flexibility index (Phi) is 7.45. The van der Waals surface area contributed by atoms with Crippen LogP contribution in [0.2, 0.25) is 0 Å². The molecule has 6 nitrogen and oxygen atoms in total. The van der Waals surface area contributed by atoms with Crippen molar-refractivity contribution in [1.82, 2.24) is 0 Å². The molecule has 0 saturated carbocycles. The number of phenolic OH excluding ortho intramolecular Hbond substituents is 2. The molecule has 1 aliphatic rings. The van der Waals surface area contributed by atoms with E-state index in [0.29, 0.717) is 62.4 Å². The van der Waals surface area contributed by atoms with Crippen molar-refractivity contribution >= 4 is 43.8 Å². The topological polar surface area (TPSA) is 104 Å². The Hall–Kier alpha value is -2.84. The fourth-order valence-corrected chi connectivity index (χ4v) is 7.25. The van der Waals surface area contributed by atoms with Crippen molar-refractivity contribution in [2.75, 3.05) is 0 Å². The van der Waals surface area contributed by atoms with Gasteiger partial charge in [-0.05, 0) is 55.0 Å². The zero-order valence-electron chi connectivity index (χ0n) is 21.0. The van der Waals surface area contributed by atoms with Crippen LogP contribution in [0.25, 0.3) is 0 Å². The van der Waals surface area contributed by atoms with E-state index >= 15 is 0 Å². The number of carbonyl (C=O) groups is 2. The molecule has 0 atom stereocenters. The molecule has 4 rings (SSSR count). The standard InChI is InChI=1S/C29H28Br2O6/c1-5-14-12-20(32)16(7-3)23(25(14)30)29(24-17(8-4)21(33)13-15(6-2)26(24)31)19-11-9-10-18(27(34)35)22(19)28(36)37-29/h9-13,32-33H,5-8H2,1-4H3,(H,34,35). The number of aromatic hydroxyl groups is 2. The molecule has 37 heavy (non-hydrogen) atoms. The van der Waals surface area contributed by atoms with E-state index in [2.05, 4.69) is 31.9 Å². The highest BCUT2D eigenvalue weighted by molar-refractivity contribution is 9.11. The van der Waals surface area contributed by atoms with Crippen molar-refractivity contribution in [1.29, 1.82) is 0 Å². The maximum Gasteiger partial charge on any atom is 0.341 e. The molecule has 1 heterocycles. The molecule has 0 fully saturated rings. The average Bonchev–Trinajstić information content (AvgIpc) is 3.18. The quantitative estimate of drug-likeness (QED) is 0.242. The van der Waals surface area contributed by atoms with Gasteiger partial charge in [0.25, 0.3) is 0 Å². The Bertz CT molecular complexity index is 1380. The molecule has 0 spiro atoms. The van der Waals surface area contributed by atoms with Gasteiger partial charge in [-0.25, -0.2) is 9.59 Å². The van der Waals surface area contributed by atoms with Crippen molar-refractivity contribution in [3.63, 3.8) is 0 Å². The fourth-order valence-electron chi connectivity index (χ4n) is 5.42. The number of benzene rings is 3. The van der Waals surface area contributed by atoms with Crippen LogP contribution in [-0.2, 0) is 36.0 Å². The van der Waals surface area contributed by atoms with Crippen LogP contribution in [0, 0.1) is 0 Å². The molecular formula is C29H28Br2O6. The van der Waals surface area contributed by atoms with Crippen LogP contribution >= 0.6 is 31.9 Å². The van der Waals surface area contributed by atoms with E-state index in [1.54, 1.807) is 24.3 Å². The van der Waals surface area contributed by atoms with Crippen molar-refractivity contribution in [3.8, 4) is 11.5 Å². The van der Waals surface area contributed by atoms with Crippen LogP contribution in [0.15, 0.2) is 39.3 Å². The van der Waals surface area contributed by atoms with Gasteiger partial charge < -0.3 is 20.1 Å². The number of aryl methyl sites for hydroxylation is 2. The number of cyclic esters (lactones) is 1. The second-order valence-electron chi connectivity index (χ2n) is 8.96. The minimum Gasteiger partial charge on any atom is -0.508 e. The van der Waals surface area contributed by atoms with Gasteiger partial charge in [0.15, 0.2) is 5.60 Å². The highest BCUT2D eigenvalue weighted by Gasteiger charge is 2.54. The number of fused-ring (bicyclic) bond motifs is 1. The Balaban J connectivity index is 2.35. The van der Waals surface area contributed by atoms with E-state index in [1.165, 1.54) is 6.07 Å². The van der Waals surface area contributed by atoms with Crippen LogP contribution in [0.4, 0.5) is 0 Å². The molecule has 0 unspecified atom stereocenters. The molecule has 3 aromatic rings. The summed E-state index contributed by atoms with van der Waals surface area (Å²) in [5, 5.41) is 32.2. The van der Waals surface area contributed by atoms with Crippen LogP contribution in [0.1, 0.15) is 87.4 Å². The zero-order chi connectivity index (χ0) is 27.2. The monoisotopic (exact) mass is 630 g/mol. The molecule has 0 amide bonds. The molecule has 3 N–H and O–H groups in total. The Labute approximate surface area is 232 Å². The van der Waals surface area contributed by atoms with E-state index in [9.17, 15) is 24.9 Å². The van der Waals surface area contributed by atoms with Gasteiger partial charge in [0.05, 0.1) is 11.1 Å². The molecule has 0 aliphatic carbocycles. The van der Waals surface area contributed by atoms with Crippen molar-refractivity contribution in [2.45, 2.75) is 59.0 Å². The number of ether oxygens (including phenoxy) is 1. The third kappa shape index (κ3) is 3.96. The highest BCUT2D eigenvalue weighted by atomic mass is 79.9. The summed E-state index contributed by atoms with van der Waals surface area (Å²) in [7, 11) is 0. The van der Waals surface area contributed by atoms with Gasteiger partial charge in [-0.1, -0.05) is 71.7 Å². The minimum absolute atomic E-state index is 0.0410. The van der Waals surface area contributed by atoms with Crippen LogP contribution in [0.5, 0.6) is 11.5 Å². The number of phenols is 2. The summed E-state index contributed by atoms with van der Waals surface area (Å²) < 4.78 is 7.66. The number of rotatable bonds is 7. The maximum atomic E-state index is 13.6. The lowest BCUT2D eigenvalue weighted by Gasteiger charge is -2.36. The number of carbonyl (C=O) groups excluding carboxylic acids is 1. The first-order valence-corrected chi connectivity index (χ1v) is 13.8. The highest BCUT2D eigenvalue weighted by Crippen LogP contribution is 2.56. The lowest BCUT2D eigenvalue weighted by Crippen LogP contribution is -2.34. The van der Waals surface area contributed by atoms with E-state index < -0.39 is 17.5 Å². The molecule has 0 saturated heterocycles. The van der Waals surface area contributed by atoms with Crippen LogP contribution in [0.3, 0.4) is 0 Å². The molecule has 1 aliphatic heterocycles. The molecule has 0 aromatic heterocycles. The lowest BCUT2D eigenvalue weighted by molar-refractivity contribution is 0.0238. The van der Waals surface area contributed by atoms with Gasteiger partial charge in [-0.15, -0.1) is 0 Å². The number of aromatic carboxylic acids is 1. The van der Waals surface area contributed by atoms with E-state index in [0.717, 1.165) is 11.1 Å². The largest absolute Gasteiger partial charge is 0.508 e. The summed E-state index contributed by atoms with van der Waals surface area (Å²) >= 11 is 7.52. The number of carboxylic acid groups (broad SMARTS) is 1. The lowest BCUT2D eigenvalue weighted by atomic mass is 9.73. The molecular weight excluding hydrogens is 604 g/mol. The Morgan fingerprint density at radius 1 is 0.865 bits per heavy atom. The summed E-state index contributed by atoms with van der Waals surface area (Å²) in [5.41, 5.74) is 2.25. The van der Waals surface area contributed by atoms with Crippen molar-refractivity contribution in [3.05, 3.63) is 89.3 Å². The van der Waals surface area contributed by atoms with E-state index in [4.69, 9.17) is 4.74 Å². The fraction of sp³-hybridized carbons (Fsp3) is 0.310. The van der Waals surface area contributed by atoms with Crippen LogP contribution < -0.4 is 0 Å². The summed E-state index contributed by atoms with van der Waals surface area (Å²) in [6.45, 7) is 7.70. The SMILES string of the molecule is CCc1cc(O)c(CC)c(C2(c3c(Br)c(CC)cc(O)c3CC)OC(=O)c3c(C(=O)O)cccc32)c1Br. The number of carboxylic acids is 1. The number of hydrogen-bond acceptors (Lipinski definition) is 5. The first kappa shape index (κ1) is 27.2. The number of esters is 1. The summed E-state index contributed by atoms with van der Waals surface area (Å²) in [6, 6.07) is 8.05. The molecule has 194 valence electrons. The van der Waals surface area contributed by atoms with Crippen molar-refractivity contribution < 1.29 is 29.6 Å². The van der Waals surface area contributed by atoms with Gasteiger partial charge >= 0.3 is 11.9 Å². The second-order valence-corrected chi connectivity index (χ2v) is 10.5. The van der Waals surface area contributed by atoms with Crippen LogP contribution in [-0.4, -0.2) is 27.3 Å². The first-order valence-electron chi connectivity index (χ1n) is 12.3. The maximum absolute atomic E-state index is 13.6. The number of hydrogen-bond donors (Lipinski definition) is 3. The minimum atomic E-state index is -1.64. The van der Waals surface area contributed by atoms with E-state index in [-0.39, 0.29) is 22.6 Å². The van der Waals surface area contributed by atoms with Gasteiger partial charge in [0.2, 0.25) is 0 Å². The Morgan fingerprint density at radius 3 is 1.76 bits per heavy atom. The normalized spacial score (nSPS) is 13.9. The first-order chi connectivity index (χ1) is 17.6. The molecule has 3 aromatic carbocycles. The smallest absolute Gasteiger partial charge is 0.341 e. The van der Waals surface area contributed by atoms with Crippen molar-refractivity contribution in [2.24, 2.45) is 0 Å². The Morgan fingerprint density at radius 2 is 1.35 bits per heavy atom. The predicted molar refractivity (Wildman–Crippen MR) is 148 cm³/mol.